The van der Waals surface area contributed by atoms with E-state index in [1.54, 1.807) is 12.1 Å². The van der Waals surface area contributed by atoms with Crippen LogP contribution < -0.4 is 5.43 Å². The Bertz CT molecular complexity index is 931. The van der Waals surface area contributed by atoms with Crippen LogP contribution in [0.5, 0.6) is 0 Å². The van der Waals surface area contributed by atoms with E-state index in [0.717, 1.165) is 5.43 Å². The van der Waals surface area contributed by atoms with Crippen LogP contribution in [0.25, 0.3) is 11.3 Å². The number of alkyl halides is 7. The number of hydrazone groups is 1. The highest BCUT2D eigenvalue weighted by atomic mass is 19.4. The van der Waals surface area contributed by atoms with E-state index in [0.29, 0.717) is 17.3 Å². The molecule has 0 radical (unpaired) electrons. The van der Waals surface area contributed by atoms with Crippen LogP contribution in [-0.2, 0) is 4.79 Å². The number of carbonyl (C=O) groups excluding carboxylic acids is 2. The fraction of sp³-hybridized carbons (Fsp3) is 0.235. The smallest absolute Gasteiger partial charge is 0.455 e. The highest BCUT2D eigenvalue weighted by Gasteiger charge is 2.76. The summed E-state index contributed by atoms with van der Waals surface area (Å²) in [5, 5.41) is 2.90. The lowest BCUT2D eigenvalue weighted by molar-refractivity contribution is -0.344. The van der Waals surface area contributed by atoms with Gasteiger partial charge in [0, 0.05) is 11.1 Å². The zero-order chi connectivity index (χ0) is 22.0. The Morgan fingerprint density at radius 2 is 1.55 bits per heavy atom. The molecule has 0 unspecified atom stereocenters. The van der Waals surface area contributed by atoms with Gasteiger partial charge in [0.05, 0.1) is 6.21 Å². The van der Waals surface area contributed by atoms with Gasteiger partial charge in [0.15, 0.2) is 5.78 Å². The monoisotopic (exact) mass is 424 g/mol. The zero-order valence-corrected chi connectivity index (χ0v) is 14.4. The number of hydrogen-bond acceptors (Lipinski definition) is 4. The van der Waals surface area contributed by atoms with Crippen LogP contribution in [-0.4, -0.2) is 35.9 Å². The normalized spacial score (nSPS) is 13.0. The summed E-state index contributed by atoms with van der Waals surface area (Å²) in [6, 6.07) is 8.84. The van der Waals surface area contributed by atoms with Crippen molar-refractivity contribution in [2.45, 2.75) is 24.9 Å². The maximum Gasteiger partial charge on any atom is 0.460 e. The third-order valence-electron chi connectivity index (χ3n) is 3.60. The first-order valence-corrected chi connectivity index (χ1v) is 7.64. The second kappa shape index (κ2) is 7.68. The molecule has 0 spiro atoms. The molecule has 2 rings (SSSR count). The lowest BCUT2D eigenvalue weighted by Crippen LogP contribution is -2.58. The lowest BCUT2D eigenvalue weighted by atomic mass is 10.1. The molecule has 12 heteroatoms. The second-order valence-corrected chi connectivity index (χ2v) is 5.68. The Morgan fingerprint density at radius 3 is 2.07 bits per heavy atom. The van der Waals surface area contributed by atoms with Crippen molar-refractivity contribution in [2.75, 3.05) is 0 Å². The summed E-state index contributed by atoms with van der Waals surface area (Å²) in [6.45, 7) is 1.37. The topological polar surface area (TPSA) is 71.7 Å². The first kappa shape index (κ1) is 22.1. The van der Waals surface area contributed by atoms with Crippen LogP contribution in [0, 0.1) is 0 Å². The first-order valence-electron chi connectivity index (χ1n) is 7.64. The van der Waals surface area contributed by atoms with Gasteiger partial charge >= 0.3 is 23.9 Å². The number of furan rings is 1. The molecule has 156 valence electrons. The molecule has 1 amide bonds. The van der Waals surface area contributed by atoms with Crippen LogP contribution in [0.3, 0.4) is 0 Å². The largest absolute Gasteiger partial charge is 0.460 e. The molecule has 5 nitrogen and oxygen atoms in total. The molecule has 0 aliphatic carbocycles. The molecule has 1 aromatic carbocycles. The average Bonchev–Trinajstić information content (AvgIpc) is 3.09. The van der Waals surface area contributed by atoms with Gasteiger partial charge in [0.2, 0.25) is 0 Å². The fourth-order valence-electron chi connectivity index (χ4n) is 1.99. The van der Waals surface area contributed by atoms with Gasteiger partial charge in [-0.25, -0.2) is 5.43 Å². The van der Waals surface area contributed by atoms with Crippen molar-refractivity contribution in [1.29, 1.82) is 0 Å². The molecule has 1 N–H and O–H groups in total. The fourth-order valence-corrected chi connectivity index (χ4v) is 1.99. The number of Topliss-reactive ketones (excluding diaryl/α,β-unsaturated/α-hetero) is 1. The molecule has 2 aromatic rings. The van der Waals surface area contributed by atoms with Gasteiger partial charge in [0.1, 0.15) is 11.5 Å². The number of benzene rings is 1. The van der Waals surface area contributed by atoms with E-state index in [9.17, 15) is 40.3 Å². The van der Waals surface area contributed by atoms with Gasteiger partial charge in [-0.3, -0.25) is 9.59 Å². The Hall–Kier alpha value is -3.18. The summed E-state index contributed by atoms with van der Waals surface area (Å²) in [5.41, 5.74) is 1.89. The molecule has 0 atom stereocenters. The van der Waals surface area contributed by atoms with E-state index in [4.69, 9.17) is 4.42 Å². The predicted octanol–water partition coefficient (Wildman–Crippen LogP) is 4.43. The van der Waals surface area contributed by atoms with Crippen LogP contribution in [0.15, 0.2) is 45.9 Å². The summed E-state index contributed by atoms with van der Waals surface area (Å²) >= 11 is 0. The predicted molar refractivity (Wildman–Crippen MR) is 85.8 cm³/mol. The summed E-state index contributed by atoms with van der Waals surface area (Å²) in [4.78, 5) is 22.3. The summed E-state index contributed by atoms with van der Waals surface area (Å²) in [7, 11) is 0. The Kier molecular flexibility index (Phi) is 5.86. The molecule has 1 heterocycles. The van der Waals surface area contributed by atoms with Crippen molar-refractivity contribution < 1.29 is 44.7 Å². The SMILES string of the molecule is CC(=O)c1ccc(-c2ccc(C=NNC(=O)C(F)(F)C(F)(F)C(F)(F)F)o2)cc1. The number of carbonyl (C=O) groups is 2. The first-order chi connectivity index (χ1) is 13.3. The number of halogens is 7. The third kappa shape index (κ3) is 4.46. The van der Waals surface area contributed by atoms with Gasteiger partial charge in [0.25, 0.3) is 0 Å². The summed E-state index contributed by atoms with van der Waals surface area (Å²) in [5.74, 6) is -15.6. The molecule has 0 saturated carbocycles. The number of rotatable bonds is 6. The van der Waals surface area contributed by atoms with Crippen molar-refractivity contribution in [3.8, 4) is 11.3 Å². The van der Waals surface area contributed by atoms with Crippen molar-refractivity contribution in [3.63, 3.8) is 0 Å². The van der Waals surface area contributed by atoms with Gasteiger partial charge in [-0.15, -0.1) is 0 Å². The minimum atomic E-state index is -6.63. The van der Waals surface area contributed by atoms with E-state index in [2.05, 4.69) is 5.10 Å². The van der Waals surface area contributed by atoms with E-state index < -0.39 is 23.9 Å². The Morgan fingerprint density at radius 1 is 0.966 bits per heavy atom. The molecule has 29 heavy (non-hydrogen) atoms. The molecule has 1 aromatic heterocycles. The van der Waals surface area contributed by atoms with Crippen LogP contribution >= 0.6 is 0 Å². The molecule has 0 aliphatic rings. The van der Waals surface area contributed by atoms with E-state index in [-0.39, 0.29) is 17.3 Å². The van der Waals surface area contributed by atoms with E-state index in [1.165, 1.54) is 31.2 Å². The van der Waals surface area contributed by atoms with E-state index >= 15 is 0 Å². The zero-order valence-electron chi connectivity index (χ0n) is 14.4. The average molecular weight is 424 g/mol. The van der Waals surface area contributed by atoms with Crippen molar-refractivity contribution >= 4 is 17.9 Å². The number of ketones is 1. The summed E-state index contributed by atoms with van der Waals surface area (Å²) < 4.78 is 93.1. The lowest BCUT2D eigenvalue weighted by Gasteiger charge is -2.26. The Labute approximate surface area is 158 Å². The summed E-state index contributed by atoms with van der Waals surface area (Å²) in [6.07, 6.45) is -6.00. The Balaban J connectivity index is 2.08. The molecular weight excluding hydrogens is 413 g/mol. The highest BCUT2D eigenvalue weighted by molar-refractivity contribution is 5.94. The second-order valence-electron chi connectivity index (χ2n) is 5.68. The molecule has 0 fully saturated rings. The maximum atomic E-state index is 13.1. The van der Waals surface area contributed by atoms with Crippen molar-refractivity contribution in [2.24, 2.45) is 5.10 Å². The number of nitrogens with zero attached hydrogens (tertiary/aromatic N) is 1. The molecule has 0 saturated heterocycles. The van der Waals surface area contributed by atoms with E-state index in [1.807, 2.05) is 0 Å². The maximum absolute atomic E-state index is 13.1. The number of hydrogen-bond donors (Lipinski definition) is 1. The van der Waals surface area contributed by atoms with Gasteiger partial charge < -0.3 is 4.42 Å². The number of amides is 1. The van der Waals surface area contributed by atoms with Crippen molar-refractivity contribution in [3.05, 3.63) is 47.7 Å². The van der Waals surface area contributed by atoms with Gasteiger partial charge in [-0.05, 0) is 19.1 Å². The van der Waals surface area contributed by atoms with Crippen LogP contribution in [0.4, 0.5) is 30.7 Å². The highest BCUT2D eigenvalue weighted by Crippen LogP contribution is 2.46. The van der Waals surface area contributed by atoms with Crippen LogP contribution in [0.2, 0.25) is 0 Å². The standard InChI is InChI=1S/C17H11F7N2O3/c1-9(27)10-2-4-11(5-3-10)13-7-6-12(29-13)8-25-26-14(28)15(18,19)16(20,21)17(22,23)24/h2-8H,1H3,(H,26,28). The molecule has 0 bridgehead atoms. The van der Waals surface area contributed by atoms with Gasteiger partial charge in [-0.1, -0.05) is 24.3 Å². The van der Waals surface area contributed by atoms with Crippen LogP contribution in [0.1, 0.15) is 23.0 Å². The minimum Gasteiger partial charge on any atom is -0.455 e. The molecular formula is C17H11F7N2O3. The van der Waals surface area contributed by atoms with Crippen molar-refractivity contribution in [1.82, 2.24) is 5.43 Å². The third-order valence-corrected chi connectivity index (χ3v) is 3.60. The number of nitrogens with one attached hydrogen (secondary N) is 1. The van der Waals surface area contributed by atoms with Gasteiger partial charge in [-0.2, -0.15) is 35.8 Å². The molecule has 0 aliphatic heterocycles. The quantitative estimate of drug-likeness (QED) is 0.323. The minimum absolute atomic E-state index is 0.123.